The van der Waals surface area contributed by atoms with Crippen LogP contribution in [-0.2, 0) is 21.2 Å². The van der Waals surface area contributed by atoms with E-state index in [1.54, 1.807) is 12.1 Å². The Balaban J connectivity index is 1.70. The molecule has 3 rings (SSSR count). The Morgan fingerprint density at radius 1 is 1.10 bits per heavy atom. The molecule has 1 aliphatic heterocycles. The summed E-state index contributed by atoms with van der Waals surface area (Å²) in [6.45, 7) is 10.5. The topological polar surface area (TPSA) is 69.7 Å². The van der Waals surface area contributed by atoms with Crippen molar-refractivity contribution in [2.75, 3.05) is 18.0 Å². The van der Waals surface area contributed by atoms with E-state index in [9.17, 15) is 13.2 Å². The van der Waals surface area contributed by atoms with Crippen LogP contribution >= 0.6 is 0 Å². The number of anilines is 1. The van der Waals surface area contributed by atoms with E-state index in [0.29, 0.717) is 18.0 Å². The highest BCUT2D eigenvalue weighted by atomic mass is 32.2. The molecular weight excluding hydrogens is 410 g/mol. The highest BCUT2D eigenvalue weighted by Gasteiger charge is 2.33. The van der Waals surface area contributed by atoms with Crippen LogP contribution in [0.2, 0.25) is 0 Å². The summed E-state index contributed by atoms with van der Waals surface area (Å²) in [5, 5.41) is 3.38. The first kappa shape index (κ1) is 23.4. The van der Waals surface area contributed by atoms with Crippen LogP contribution in [0.25, 0.3) is 0 Å². The molecule has 7 heteroatoms. The Kier molecular flexibility index (Phi) is 7.19. The number of rotatable bonds is 8. The minimum atomic E-state index is -3.47. The predicted octanol–water partition coefficient (Wildman–Crippen LogP) is 3.73. The van der Waals surface area contributed by atoms with Crippen LogP contribution in [0.4, 0.5) is 5.69 Å². The lowest BCUT2D eigenvalue weighted by atomic mass is 10.1. The average Bonchev–Trinajstić information content (AvgIpc) is 3.09. The molecule has 3 unspecified atom stereocenters. The van der Waals surface area contributed by atoms with Gasteiger partial charge in [0.1, 0.15) is 0 Å². The molecule has 6 nitrogen and oxygen atoms in total. The van der Waals surface area contributed by atoms with Crippen molar-refractivity contribution in [2.45, 2.75) is 64.1 Å². The zero-order valence-electron chi connectivity index (χ0n) is 19.0. The second-order valence-electron chi connectivity index (χ2n) is 8.16. The maximum absolute atomic E-state index is 13.2. The summed E-state index contributed by atoms with van der Waals surface area (Å²) >= 11 is 0. The molecule has 0 saturated heterocycles. The number of carbonyl (C=O) groups excluding carboxylic acids is 1. The number of sulfonamides is 1. The molecule has 31 heavy (non-hydrogen) atoms. The number of hydrogen-bond donors (Lipinski definition) is 1. The van der Waals surface area contributed by atoms with Crippen molar-refractivity contribution in [3.8, 4) is 0 Å². The van der Waals surface area contributed by atoms with E-state index in [-0.39, 0.29) is 24.0 Å². The predicted molar refractivity (Wildman–Crippen MR) is 125 cm³/mol. The van der Waals surface area contributed by atoms with Gasteiger partial charge in [0.15, 0.2) is 0 Å². The maximum Gasteiger partial charge on any atom is 0.244 e. The molecule has 0 radical (unpaired) electrons. The van der Waals surface area contributed by atoms with Crippen molar-refractivity contribution < 1.29 is 13.2 Å². The van der Waals surface area contributed by atoms with Crippen LogP contribution in [0.3, 0.4) is 0 Å². The molecule has 0 saturated carbocycles. The van der Waals surface area contributed by atoms with Crippen LogP contribution in [0, 0.1) is 0 Å². The third kappa shape index (κ3) is 4.68. The van der Waals surface area contributed by atoms with Gasteiger partial charge in [0.05, 0.1) is 10.9 Å². The number of hydrogen-bond acceptors (Lipinski definition) is 4. The second-order valence-corrected chi connectivity index (χ2v) is 10.1. The first-order valence-corrected chi connectivity index (χ1v) is 12.4. The Morgan fingerprint density at radius 3 is 2.32 bits per heavy atom. The highest BCUT2D eigenvalue weighted by molar-refractivity contribution is 7.89. The van der Waals surface area contributed by atoms with E-state index >= 15 is 0 Å². The van der Waals surface area contributed by atoms with Crippen LogP contribution in [0.1, 0.15) is 51.8 Å². The van der Waals surface area contributed by atoms with E-state index in [4.69, 9.17) is 0 Å². The van der Waals surface area contributed by atoms with Gasteiger partial charge in [-0.2, -0.15) is 4.31 Å². The van der Waals surface area contributed by atoms with Crippen LogP contribution < -0.4 is 10.2 Å². The van der Waals surface area contributed by atoms with Gasteiger partial charge in [-0.25, -0.2) is 8.42 Å². The van der Waals surface area contributed by atoms with Gasteiger partial charge in [0.2, 0.25) is 15.9 Å². The maximum atomic E-state index is 13.2. The van der Waals surface area contributed by atoms with Crippen molar-refractivity contribution in [1.82, 2.24) is 9.62 Å². The summed E-state index contributed by atoms with van der Waals surface area (Å²) in [7, 11) is -3.47. The normalized spacial score (nSPS) is 18.1. The van der Waals surface area contributed by atoms with Crippen molar-refractivity contribution in [3.05, 3.63) is 59.7 Å². The molecule has 168 valence electrons. The number of nitrogens with one attached hydrogen (secondary N) is 1. The molecule has 0 fully saturated rings. The number of fused-ring (bicyclic) bond motifs is 1. The van der Waals surface area contributed by atoms with Crippen LogP contribution in [0.5, 0.6) is 0 Å². The van der Waals surface area contributed by atoms with E-state index in [1.807, 2.05) is 62.9 Å². The summed E-state index contributed by atoms with van der Waals surface area (Å²) in [6.07, 6.45) is 0.868. The van der Waals surface area contributed by atoms with Gasteiger partial charge in [-0.3, -0.25) is 10.1 Å². The number of para-hydroxylation sites is 1. The third-order valence-electron chi connectivity index (χ3n) is 6.04. The summed E-state index contributed by atoms with van der Waals surface area (Å²) in [5.41, 5.74) is 3.13. The fourth-order valence-corrected chi connectivity index (χ4v) is 5.75. The van der Waals surface area contributed by atoms with Crippen molar-refractivity contribution >= 4 is 21.6 Å². The minimum Gasteiger partial charge on any atom is -0.308 e. The zero-order chi connectivity index (χ0) is 22.8. The summed E-state index contributed by atoms with van der Waals surface area (Å²) < 4.78 is 26.8. The quantitative estimate of drug-likeness (QED) is 0.675. The summed E-state index contributed by atoms with van der Waals surface area (Å²) in [6, 6.07) is 14.6. The first-order chi connectivity index (χ1) is 14.7. The highest BCUT2D eigenvalue weighted by Crippen LogP contribution is 2.32. The average molecular weight is 444 g/mol. The smallest absolute Gasteiger partial charge is 0.244 e. The molecule has 0 bridgehead atoms. The first-order valence-electron chi connectivity index (χ1n) is 11.0. The third-order valence-corrected chi connectivity index (χ3v) is 8.10. The van der Waals surface area contributed by atoms with Crippen LogP contribution in [0.15, 0.2) is 53.4 Å². The van der Waals surface area contributed by atoms with Gasteiger partial charge in [0.25, 0.3) is 0 Å². The lowest BCUT2D eigenvalue weighted by molar-refractivity contribution is -0.120. The standard InChI is InChI=1S/C24H33N3O3S/c1-6-26(7-2)31(29,30)22-14-12-20(13-15-22)18(4)25-19(5)24(28)27-17(3)16-21-10-8-9-11-23(21)27/h8-15,17-19,25H,6-7,16H2,1-5H3. The fourth-order valence-electron chi connectivity index (χ4n) is 4.29. The molecule has 1 N–H and O–H groups in total. The van der Waals surface area contributed by atoms with Gasteiger partial charge in [-0.05, 0) is 56.5 Å². The Bertz CT molecular complexity index is 1020. The van der Waals surface area contributed by atoms with Crippen molar-refractivity contribution in [1.29, 1.82) is 0 Å². The molecule has 0 aliphatic carbocycles. The van der Waals surface area contributed by atoms with Crippen molar-refractivity contribution in [2.24, 2.45) is 0 Å². The van der Waals surface area contributed by atoms with E-state index in [1.165, 1.54) is 9.87 Å². The van der Waals surface area contributed by atoms with Crippen LogP contribution in [-0.4, -0.2) is 43.8 Å². The summed E-state index contributed by atoms with van der Waals surface area (Å²) in [5.74, 6) is 0.0463. The molecule has 0 spiro atoms. The van der Waals surface area contributed by atoms with E-state index in [0.717, 1.165) is 17.7 Å². The zero-order valence-corrected chi connectivity index (χ0v) is 19.8. The lowest BCUT2D eigenvalue weighted by Crippen LogP contribution is -2.47. The molecule has 2 aromatic carbocycles. The van der Waals surface area contributed by atoms with Gasteiger partial charge >= 0.3 is 0 Å². The molecule has 2 aromatic rings. The Labute approximate surface area is 186 Å². The van der Waals surface area contributed by atoms with E-state index in [2.05, 4.69) is 18.3 Å². The van der Waals surface area contributed by atoms with Gasteiger partial charge < -0.3 is 4.90 Å². The molecule has 0 aromatic heterocycles. The van der Waals surface area contributed by atoms with Gasteiger partial charge in [-0.15, -0.1) is 0 Å². The molecular formula is C24H33N3O3S. The molecule has 3 atom stereocenters. The lowest BCUT2D eigenvalue weighted by Gasteiger charge is -2.28. The minimum absolute atomic E-state index is 0.0463. The number of nitrogens with zero attached hydrogens (tertiary/aromatic N) is 2. The second kappa shape index (κ2) is 9.51. The van der Waals surface area contributed by atoms with Crippen molar-refractivity contribution in [3.63, 3.8) is 0 Å². The van der Waals surface area contributed by atoms with Gasteiger partial charge in [0, 0.05) is 30.9 Å². The number of carbonyl (C=O) groups is 1. The largest absolute Gasteiger partial charge is 0.308 e. The molecule has 1 amide bonds. The molecule has 1 heterocycles. The Hall–Kier alpha value is -2.22. The summed E-state index contributed by atoms with van der Waals surface area (Å²) in [4.78, 5) is 15.4. The Morgan fingerprint density at radius 2 is 1.71 bits per heavy atom. The molecule has 1 aliphatic rings. The SMILES string of the molecule is CCN(CC)S(=O)(=O)c1ccc(C(C)NC(C)C(=O)N2c3ccccc3CC2C)cc1. The number of benzene rings is 2. The van der Waals surface area contributed by atoms with E-state index < -0.39 is 10.0 Å². The number of amides is 1. The van der Waals surface area contributed by atoms with Gasteiger partial charge in [-0.1, -0.05) is 44.2 Å². The monoisotopic (exact) mass is 443 g/mol. The fraction of sp³-hybridized carbons (Fsp3) is 0.458.